The van der Waals surface area contributed by atoms with Gasteiger partial charge in [0, 0.05) is 17.6 Å². The van der Waals surface area contributed by atoms with Gasteiger partial charge in [-0.15, -0.1) is 0 Å². The lowest BCUT2D eigenvalue weighted by atomic mass is 9.98. The molecule has 5 rings (SSSR count). The summed E-state index contributed by atoms with van der Waals surface area (Å²) in [5, 5.41) is 0.137. The maximum absolute atomic E-state index is 13.8. The number of hydrogen-bond donors (Lipinski definition) is 0. The summed E-state index contributed by atoms with van der Waals surface area (Å²) in [6, 6.07) is 10.6. The first-order valence-electron chi connectivity index (χ1n) is 9.47. The number of carbonyl (C=O) groups excluding carboxylic acids is 1. The summed E-state index contributed by atoms with van der Waals surface area (Å²) in [5.41, 5.74) is 0.878. The van der Waals surface area contributed by atoms with E-state index in [4.69, 9.17) is 9.15 Å². The maximum atomic E-state index is 13.8. The van der Waals surface area contributed by atoms with E-state index in [1.807, 2.05) is 24.3 Å². The molecule has 2 aromatic carbocycles. The number of fused-ring (bicyclic) bond motifs is 2. The average molecular weight is 458 g/mol. The van der Waals surface area contributed by atoms with Crippen molar-refractivity contribution in [3.05, 3.63) is 79.9 Å². The van der Waals surface area contributed by atoms with Gasteiger partial charge >= 0.3 is 0 Å². The molecule has 0 spiro atoms. The molecule has 1 saturated heterocycles. The van der Waals surface area contributed by atoms with Gasteiger partial charge in [-0.2, -0.15) is 0 Å². The van der Waals surface area contributed by atoms with E-state index in [1.165, 1.54) is 12.1 Å². The molecule has 2 aliphatic heterocycles. The van der Waals surface area contributed by atoms with Crippen molar-refractivity contribution >= 4 is 32.8 Å². The third kappa shape index (κ3) is 3.09. The van der Waals surface area contributed by atoms with Crippen molar-refractivity contribution in [3.63, 3.8) is 0 Å². The number of nitrogens with zero attached hydrogens (tertiary/aromatic N) is 1. The van der Waals surface area contributed by atoms with Crippen molar-refractivity contribution in [2.75, 3.05) is 13.2 Å². The lowest BCUT2D eigenvalue weighted by molar-refractivity contribution is 0.0486. The third-order valence-corrected chi connectivity index (χ3v) is 6.07. The molecule has 0 aliphatic carbocycles. The number of carbonyl (C=O) groups is 1. The SMILES string of the molecule is O=C1c2oc3ccc(F)cc3c(=O)c2[C@@H](c2ccc(Br)cc2)N1C[C@H]1CCCO1. The van der Waals surface area contributed by atoms with Crippen LogP contribution < -0.4 is 5.43 Å². The van der Waals surface area contributed by atoms with E-state index < -0.39 is 11.9 Å². The normalized spacial score (nSPS) is 21.2. The van der Waals surface area contributed by atoms with Crippen molar-refractivity contribution < 1.29 is 18.3 Å². The molecule has 7 heteroatoms. The van der Waals surface area contributed by atoms with Gasteiger partial charge in [0.15, 0.2) is 5.43 Å². The Hall–Kier alpha value is -2.51. The predicted molar refractivity (Wildman–Crippen MR) is 108 cm³/mol. The minimum Gasteiger partial charge on any atom is -0.450 e. The van der Waals surface area contributed by atoms with Crippen LogP contribution in [-0.4, -0.2) is 30.1 Å². The van der Waals surface area contributed by atoms with Gasteiger partial charge in [-0.1, -0.05) is 28.1 Å². The molecule has 0 unspecified atom stereocenters. The highest BCUT2D eigenvalue weighted by atomic mass is 79.9. The van der Waals surface area contributed by atoms with E-state index in [0.29, 0.717) is 13.2 Å². The molecule has 3 heterocycles. The van der Waals surface area contributed by atoms with Crippen molar-refractivity contribution in [2.45, 2.75) is 25.0 Å². The van der Waals surface area contributed by atoms with Gasteiger partial charge in [0.1, 0.15) is 11.4 Å². The Morgan fingerprint density at radius 1 is 1.14 bits per heavy atom. The van der Waals surface area contributed by atoms with Crippen LogP contribution in [0.15, 0.2) is 56.1 Å². The van der Waals surface area contributed by atoms with Crippen LogP contribution in [0.3, 0.4) is 0 Å². The van der Waals surface area contributed by atoms with Gasteiger partial charge in [-0.25, -0.2) is 4.39 Å². The summed E-state index contributed by atoms with van der Waals surface area (Å²) < 4.78 is 26.2. The zero-order valence-corrected chi connectivity index (χ0v) is 16.9. The zero-order chi connectivity index (χ0) is 20.1. The van der Waals surface area contributed by atoms with Gasteiger partial charge in [-0.05, 0) is 48.7 Å². The fourth-order valence-corrected chi connectivity index (χ4v) is 4.44. The van der Waals surface area contributed by atoms with Crippen LogP contribution in [0.1, 0.15) is 40.6 Å². The molecule has 5 nitrogen and oxygen atoms in total. The minimum absolute atomic E-state index is 0.0278. The van der Waals surface area contributed by atoms with Crippen LogP contribution in [0.4, 0.5) is 4.39 Å². The quantitative estimate of drug-likeness (QED) is 0.583. The van der Waals surface area contributed by atoms with Crippen LogP contribution >= 0.6 is 15.9 Å². The Kier molecular flexibility index (Phi) is 4.52. The predicted octanol–water partition coefficient (Wildman–Crippen LogP) is 4.42. The van der Waals surface area contributed by atoms with Crippen LogP contribution in [0.2, 0.25) is 0 Å². The summed E-state index contributed by atoms with van der Waals surface area (Å²) >= 11 is 3.42. The molecule has 29 heavy (non-hydrogen) atoms. The number of hydrogen-bond acceptors (Lipinski definition) is 4. The molecule has 1 amide bonds. The van der Waals surface area contributed by atoms with Crippen molar-refractivity contribution in [1.82, 2.24) is 4.90 Å². The highest BCUT2D eigenvalue weighted by Gasteiger charge is 2.43. The molecule has 1 aromatic heterocycles. The molecule has 0 bridgehead atoms. The summed E-state index contributed by atoms with van der Waals surface area (Å²) in [4.78, 5) is 28.2. The Labute approximate surface area is 174 Å². The lowest BCUT2D eigenvalue weighted by Gasteiger charge is -2.27. The molecule has 0 saturated carbocycles. The highest BCUT2D eigenvalue weighted by Crippen LogP contribution is 2.39. The van der Waals surface area contributed by atoms with Crippen molar-refractivity contribution in [2.24, 2.45) is 0 Å². The van der Waals surface area contributed by atoms with Crippen molar-refractivity contribution in [3.8, 4) is 0 Å². The summed E-state index contributed by atoms with van der Waals surface area (Å²) in [6.45, 7) is 1.04. The van der Waals surface area contributed by atoms with E-state index >= 15 is 0 Å². The number of rotatable bonds is 3. The minimum atomic E-state index is -0.598. The van der Waals surface area contributed by atoms with E-state index in [1.54, 1.807) is 4.90 Å². The zero-order valence-electron chi connectivity index (χ0n) is 15.4. The Morgan fingerprint density at radius 3 is 2.66 bits per heavy atom. The molecular formula is C22H17BrFNO4. The molecular weight excluding hydrogens is 441 g/mol. The molecule has 0 radical (unpaired) electrons. The second-order valence-corrected chi connectivity index (χ2v) is 8.28. The lowest BCUT2D eigenvalue weighted by Crippen LogP contribution is -2.36. The number of halogens is 2. The van der Waals surface area contributed by atoms with E-state index in [2.05, 4.69) is 15.9 Å². The topological polar surface area (TPSA) is 59.8 Å². The maximum Gasteiger partial charge on any atom is 0.291 e. The number of ether oxygens (including phenoxy) is 1. The van der Waals surface area contributed by atoms with E-state index in [0.717, 1.165) is 28.9 Å². The Morgan fingerprint density at radius 2 is 1.93 bits per heavy atom. The average Bonchev–Trinajstić information content (AvgIpc) is 3.32. The van der Waals surface area contributed by atoms with Crippen LogP contribution in [0.25, 0.3) is 11.0 Å². The highest BCUT2D eigenvalue weighted by molar-refractivity contribution is 9.10. The van der Waals surface area contributed by atoms with E-state index in [9.17, 15) is 14.0 Å². The number of amides is 1. The standard InChI is InChI=1S/C22H17BrFNO4/c23-13-5-3-12(4-6-13)19-18-20(26)16-10-14(24)7-8-17(16)29-21(18)22(27)25(19)11-15-2-1-9-28-15/h3-8,10,15,19H,1-2,9,11H2/t15-,19-/m1/s1. The second-order valence-electron chi connectivity index (χ2n) is 7.36. The fourth-order valence-electron chi connectivity index (χ4n) is 4.18. The second kappa shape index (κ2) is 7.07. The Balaban J connectivity index is 1.71. The summed E-state index contributed by atoms with van der Waals surface area (Å²) in [5.74, 6) is -0.836. The molecule has 3 aromatic rings. The largest absolute Gasteiger partial charge is 0.450 e. The molecule has 2 atom stereocenters. The van der Waals surface area contributed by atoms with Gasteiger partial charge < -0.3 is 14.1 Å². The van der Waals surface area contributed by atoms with Crippen LogP contribution in [-0.2, 0) is 4.74 Å². The Bertz CT molecular complexity index is 1170. The van der Waals surface area contributed by atoms with E-state index in [-0.39, 0.29) is 39.7 Å². The summed E-state index contributed by atoms with van der Waals surface area (Å²) in [6.07, 6.45) is 1.73. The third-order valence-electron chi connectivity index (χ3n) is 5.54. The monoisotopic (exact) mass is 457 g/mol. The van der Waals surface area contributed by atoms with Crippen LogP contribution in [0, 0.1) is 5.82 Å². The molecule has 2 aliphatic rings. The smallest absolute Gasteiger partial charge is 0.291 e. The van der Waals surface area contributed by atoms with Crippen molar-refractivity contribution in [1.29, 1.82) is 0 Å². The molecule has 0 N–H and O–H groups in total. The van der Waals surface area contributed by atoms with Gasteiger partial charge in [0.25, 0.3) is 5.91 Å². The van der Waals surface area contributed by atoms with Gasteiger partial charge in [0.2, 0.25) is 5.76 Å². The fraction of sp³-hybridized carbons (Fsp3) is 0.273. The van der Waals surface area contributed by atoms with Gasteiger partial charge in [0.05, 0.1) is 23.1 Å². The molecule has 148 valence electrons. The first-order chi connectivity index (χ1) is 14.0. The first-order valence-corrected chi connectivity index (χ1v) is 10.3. The van der Waals surface area contributed by atoms with Crippen LogP contribution in [0.5, 0.6) is 0 Å². The van der Waals surface area contributed by atoms with Gasteiger partial charge in [-0.3, -0.25) is 9.59 Å². The first kappa shape index (κ1) is 18.5. The summed E-state index contributed by atoms with van der Waals surface area (Å²) in [7, 11) is 0. The number of benzene rings is 2. The molecule has 1 fully saturated rings.